The van der Waals surface area contributed by atoms with E-state index in [-0.39, 0.29) is 11.3 Å². The van der Waals surface area contributed by atoms with Crippen molar-refractivity contribution < 1.29 is 35.2 Å². The number of carbonyl (C=O) groups is 1. The first kappa shape index (κ1) is 23.9. The minimum Gasteiger partial charge on any atom is -0.265 e. The second kappa shape index (κ2) is 7.69. The number of aromatic nitrogens is 3. The summed E-state index contributed by atoms with van der Waals surface area (Å²) in [5, 5.41) is 10.8. The predicted molar refractivity (Wildman–Crippen MR) is 99.4 cm³/mol. The second-order valence-electron chi connectivity index (χ2n) is 6.97. The summed E-state index contributed by atoms with van der Waals surface area (Å²) in [6.07, 6.45) is -3.77. The van der Waals surface area contributed by atoms with Crippen LogP contribution in [0.3, 0.4) is 0 Å². The maximum absolute atomic E-state index is 13.5. The van der Waals surface area contributed by atoms with Gasteiger partial charge in [0, 0.05) is 13.2 Å². The lowest BCUT2D eigenvalue weighted by Gasteiger charge is -2.15. The summed E-state index contributed by atoms with van der Waals surface area (Å²) in [6, 6.07) is 3.23. The normalized spacial score (nSPS) is 16.6. The van der Waals surface area contributed by atoms with E-state index in [9.17, 15) is 40.4 Å². The zero-order valence-electron chi connectivity index (χ0n) is 16.4. The van der Waals surface area contributed by atoms with E-state index < -0.39 is 59.4 Å². The molecule has 0 aliphatic heterocycles. The maximum Gasteiger partial charge on any atom is 0.460 e. The summed E-state index contributed by atoms with van der Waals surface area (Å²) >= 11 is -0.169. The minimum absolute atomic E-state index is 0.169. The largest absolute Gasteiger partial charge is 0.460 e. The molecular formula is C17H14F5N5O3S2. The van der Waals surface area contributed by atoms with Crippen molar-refractivity contribution in [2.24, 2.45) is 12.0 Å². The van der Waals surface area contributed by atoms with Crippen molar-refractivity contribution in [1.29, 1.82) is 5.26 Å². The number of pyridine rings is 1. The van der Waals surface area contributed by atoms with E-state index >= 15 is 0 Å². The summed E-state index contributed by atoms with van der Waals surface area (Å²) in [4.78, 5) is 18.8. The first-order valence-corrected chi connectivity index (χ1v) is 11.4. The molecule has 0 spiro atoms. The van der Waals surface area contributed by atoms with E-state index in [0.29, 0.717) is 23.1 Å². The highest BCUT2D eigenvalue weighted by Crippen LogP contribution is 2.48. The van der Waals surface area contributed by atoms with Crippen LogP contribution in [0.1, 0.15) is 40.8 Å². The van der Waals surface area contributed by atoms with Crippen molar-refractivity contribution in [2.45, 2.75) is 42.2 Å². The third-order valence-corrected chi connectivity index (χ3v) is 7.63. The number of rotatable bonds is 5. The van der Waals surface area contributed by atoms with Gasteiger partial charge in [0.25, 0.3) is 5.91 Å². The first-order chi connectivity index (χ1) is 14.7. The fraction of sp³-hybridized carbons (Fsp3) is 0.471. The van der Waals surface area contributed by atoms with Crippen molar-refractivity contribution in [3.05, 3.63) is 33.3 Å². The molecule has 0 saturated heterocycles. The molecule has 2 heterocycles. The highest BCUT2D eigenvalue weighted by Gasteiger charge is 2.61. The van der Waals surface area contributed by atoms with E-state index in [1.165, 1.54) is 6.92 Å². The Hall–Kier alpha value is -2.73. The topological polar surface area (TPSA) is 118 Å². The lowest BCUT2D eigenvalue weighted by atomic mass is 9.99. The molecule has 2 aromatic heterocycles. The van der Waals surface area contributed by atoms with E-state index in [1.54, 1.807) is 0 Å². The summed E-state index contributed by atoms with van der Waals surface area (Å²) in [7, 11) is -3.01. The molecule has 1 amide bonds. The van der Waals surface area contributed by atoms with Crippen LogP contribution in [-0.2, 0) is 28.2 Å². The monoisotopic (exact) mass is 495 g/mol. The molecule has 32 heavy (non-hydrogen) atoms. The quantitative estimate of drug-likeness (QED) is 0.589. The van der Waals surface area contributed by atoms with Gasteiger partial charge in [-0.15, -0.1) is 0 Å². The number of alkyl halides is 5. The zero-order valence-corrected chi connectivity index (χ0v) is 18.1. The van der Waals surface area contributed by atoms with E-state index in [2.05, 4.69) is 21.1 Å². The summed E-state index contributed by atoms with van der Waals surface area (Å²) < 4.78 is 90.5. The molecule has 1 fully saturated rings. The van der Waals surface area contributed by atoms with Crippen LogP contribution in [0.15, 0.2) is 22.2 Å². The highest BCUT2D eigenvalue weighted by atomic mass is 32.2. The van der Waals surface area contributed by atoms with Gasteiger partial charge in [-0.1, -0.05) is 18.3 Å². The molecule has 2 aromatic rings. The number of sulfone groups is 1. The molecule has 0 N–H and O–H groups in total. The number of nitriles is 1. The molecule has 1 aliphatic rings. The van der Waals surface area contributed by atoms with Crippen molar-refractivity contribution in [1.82, 2.24) is 14.8 Å². The number of amides is 1. The molecule has 15 heteroatoms. The van der Waals surface area contributed by atoms with Gasteiger partial charge in [-0.2, -0.15) is 37.3 Å². The molecule has 0 radical (unpaired) electrons. The molecule has 0 aromatic carbocycles. The smallest absolute Gasteiger partial charge is 0.265 e. The number of carbonyl (C=O) groups excluding carboxylic acids is 1. The molecule has 3 rings (SSSR count). The third kappa shape index (κ3) is 4.04. The van der Waals surface area contributed by atoms with Gasteiger partial charge in [0.2, 0.25) is 4.80 Å². The van der Waals surface area contributed by atoms with Crippen LogP contribution in [0.5, 0.6) is 0 Å². The van der Waals surface area contributed by atoms with Gasteiger partial charge in [-0.3, -0.25) is 4.79 Å². The number of nitrogens with zero attached hydrogens (tertiary/aromatic N) is 5. The molecule has 0 atom stereocenters. The number of aryl methyl sites for hydroxylation is 1. The number of hydrogen-bond acceptors (Lipinski definition) is 7. The van der Waals surface area contributed by atoms with Gasteiger partial charge in [-0.25, -0.2) is 18.1 Å². The first-order valence-electron chi connectivity index (χ1n) is 8.91. The van der Waals surface area contributed by atoms with E-state index in [4.69, 9.17) is 0 Å². The molecule has 8 nitrogen and oxygen atoms in total. The van der Waals surface area contributed by atoms with Gasteiger partial charge in [0.15, 0.2) is 14.8 Å². The summed E-state index contributed by atoms with van der Waals surface area (Å²) in [6.45, 7) is 1.32. The zero-order chi connectivity index (χ0) is 24.1. The van der Waals surface area contributed by atoms with Gasteiger partial charge in [0.1, 0.15) is 5.69 Å². The van der Waals surface area contributed by atoms with Crippen LogP contribution in [0, 0.1) is 11.3 Å². The average Bonchev–Trinajstić information content (AvgIpc) is 3.44. The van der Waals surface area contributed by atoms with E-state index in [0.717, 1.165) is 19.3 Å². The number of halogens is 5. The van der Waals surface area contributed by atoms with Crippen molar-refractivity contribution in [3.63, 3.8) is 0 Å². The van der Waals surface area contributed by atoms with Gasteiger partial charge in [0.05, 0.1) is 22.1 Å². The molecule has 0 bridgehead atoms. The van der Waals surface area contributed by atoms with Crippen LogP contribution < -0.4 is 4.80 Å². The fourth-order valence-electron chi connectivity index (χ4n) is 2.68. The Balaban J connectivity index is 2.11. The van der Waals surface area contributed by atoms with Crippen molar-refractivity contribution >= 4 is 27.1 Å². The second-order valence-corrected chi connectivity index (χ2v) is 10.2. The predicted octanol–water partition coefficient (Wildman–Crippen LogP) is 2.62. The maximum atomic E-state index is 13.5. The lowest BCUT2D eigenvalue weighted by molar-refractivity contribution is -0.289. The highest BCUT2D eigenvalue weighted by molar-refractivity contribution is 7.91. The number of hydrogen-bond donors (Lipinski definition) is 0. The Morgan fingerprint density at radius 3 is 2.47 bits per heavy atom. The van der Waals surface area contributed by atoms with Gasteiger partial charge < -0.3 is 0 Å². The van der Waals surface area contributed by atoms with Crippen LogP contribution >= 0.6 is 11.3 Å². The summed E-state index contributed by atoms with van der Waals surface area (Å²) in [5.74, 6) is -6.95. The molecule has 0 unspecified atom stereocenters. The SMILES string of the molecule is CCS(=O)(=O)c1cc(C2(C#N)CC2)cnc1C(=O)/N=c1\sc(C(F)(F)C(F)(F)F)nn1C. The molecule has 1 saturated carbocycles. The lowest BCUT2D eigenvalue weighted by Crippen LogP contribution is -2.33. The van der Waals surface area contributed by atoms with Crippen molar-refractivity contribution in [2.75, 3.05) is 5.75 Å². The molecule has 1 aliphatic carbocycles. The third-order valence-electron chi connectivity index (χ3n) is 4.81. The standard InChI is InChI=1S/C17H14F5N5O3S2/c1-3-32(29,30)10-6-9(15(8-23)4-5-15)7-24-11(10)12(28)25-14-27(2)26-13(31-14)16(18,19)17(20,21)22/h6-7H,3-5H2,1-2H3/b25-14-. The Kier molecular flexibility index (Phi) is 5.75. The Bertz CT molecular complexity index is 1300. The van der Waals surface area contributed by atoms with Gasteiger partial charge >= 0.3 is 12.1 Å². The van der Waals surface area contributed by atoms with Crippen molar-refractivity contribution in [3.8, 4) is 6.07 Å². The van der Waals surface area contributed by atoms with Crippen LogP contribution in [0.2, 0.25) is 0 Å². The summed E-state index contributed by atoms with van der Waals surface area (Å²) in [5.41, 5.74) is -1.23. The van der Waals surface area contributed by atoms with Gasteiger partial charge in [-0.05, 0) is 24.5 Å². The van der Waals surface area contributed by atoms with Crippen LogP contribution in [0.4, 0.5) is 22.0 Å². The Labute approximate surface area is 182 Å². The van der Waals surface area contributed by atoms with Crippen LogP contribution in [0.25, 0.3) is 0 Å². The fourth-order valence-corrected chi connectivity index (χ4v) is 4.62. The average molecular weight is 495 g/mol. The minimum atomic E-state index is -5.90. The van der Waals surface area contributed by atoms with E-state index in [1.807, 2.05) is 0 Å². The Morgan fingerprint density at radius 2 is 1.97 bits per heavy atom. The Morgan fingerprint density at radius 1 is 1.34 bits per heavy atom. The molecular weight excluding hydrogens is 481 g/mol. The van der Waals surface area contributed by atoms with Crippen LogP contribution in [-0.4, -0.2) is 41.0 Å². The molecule has 172 valence electrons.